The zero-order valence-corrected chi connectivity index (χ0v) is 26.5. The molecule has 3 aliphatic rings. The van der Waals surface area contributed by atoms with E-state index >= 15 is 0 Å². The van der Waals surface area contributed by atoms with Crippen LogP contribution < -0.4 is 9.64 Å². The Morgan fingerprint density at radius 2 is 1.96 bits per heavy atom. The summed E-state index contributed by atoms with van der Waals surface area (Å²) in [5.74, 6) is 0.640. The van der Waals surface area contributed by atoms with Crippen LogP contribution in [0.15, 0.2) is 42.7 Å². The van der Waals surface area contributed by atoms with Gasteiger partial charge < -0.3 is 24.0 Å². The average Bonchev–Trinajstić information content (AvgIpc) is 3.38. The maximum absolute atomic E-state index is 14.1. The molecule has 7 rings (SSSR count). The number of fused-ring (bicyclic) bond motifs is 1. The number of rotatable bonds is 7. The largest absolute Gasteiger partial charge is 0.486 e. The third-order valence-corrected chi connectivity index (χ3v) is 9.43. The van der Waals surface area contributed by atoms with Crippen molar-refractivity contribution in [2.24, 2.45) is 5.41 Å². The molecule has 0 radical (unpaired) electrons. The number of halogens is 3. The standard InChI is InChI=1S/C32H33Cl2FN6O4/c1-3-43-31(42)40-17-32(18-40)15-39(16-32)25-10-7-20(13-36-25)29-22-12-21(45-19(2)27-23(33)14-37-30(35)28(27)34)8-9-24(22)41(38-29)26-6-4-5-11-44-26/h7-10,12-14,19,26H,3-6,11,15-18H2,1-2H3/t19-,26?/m0/s1. The molecule has 0 saturated carbocycles. The minimum Gasteiger partial charge on any atom is -0.486 e. The number of benzene rings is 1. The van der Waals surface area contributed by atoms with Crippen LogP contribution in [0.5, 0.6) is 5.75 Å². The fraction of sp³-hybridized carbons (Fsp3) is 0.438. The van der Waals surface area contributed by atoms with Crippen LogP contribution >= 0.6 is 23.2 Å². The van der Waals surface area contributed by atoms with E-state index in [4.69, 9.17) is 47.5 Å². The van der Waals surface area contributed by atoms with Gasteiger partial charge in [0.1, 0.15) is 28.4 Å². The van der Waals surface area contributed by atoms with Crippen LogP contribution in [0.4, 0.5) is 15.0 Å². The Hall–Kier alpha value is -3.67. The van der Waals surface area contributed by atoms with Gasteiger partial charge in [-0.3, -0.25) is 0 Å². The molecular weight excluding hydrogens is 622 g/mol. The molecule has 13 heteroatoms. The summed E-state index contributed by atoms with van der Waals surface area (Å²) in [6, 6.07) is 9.78. The van der Waals surface area contributed by atoms with E-state index in [2.05, 4.69) is 9.88 Å². The average molecular weight is 656 g/mol. The number of nitrogens with zero attached hydrogens (tertiary/aromatic N) is 6. The normalized spacial score (nSPS) is 19.7. The number of hydrogen-bond donors (Lipinski definition) is 0. The SMILES string of the molecule is CCOC(=O)N1CC2(C1)CN(c1ccc(-c3nn(C4CCCCO4)c4ccc(O[C@@H](C)c5c(Cl)cnc(F)c5Cl)cc34)cn1)C2. The molecule has 3 saturated heterocycles. The zero-order valence-electron chi connectivity index (χ0n) is 25.0. The van der Waals surface area contributed by atoms with E-state index in [1.54, 1.807) is 11.8 Å². The van der Waals surface area contributed by atoms with Crippen molar-refractivity contribution in [3.8, 4) is 17.0 Å². The number of carbonyl (C=O) groups is 1. The highest BCUT2D eigenvalue weighted by atomic mass is 35.5. The molecule has 6 heterocycles. The molecular formula is C32H33Cl2FN6O4. The van der Waals surface area contributed by atoms with E-state index < -0.39 is 12.1 Å². The molecule has 3 fully saturated rings. The Balaban J connectivity index is 1.14. The summed E-state index contributed by atoms with van der Waals surface area (Å²) >= 11 is 12.5. The topological polar surface area (TPSA) is 94.8 Å². The molecule has 1 unspecified atom stereocenters. The first-order chi connectivity index (χ1) is 21.7. The first kappa shape index (κ1) is 30.0. The van der Waals surface area contributed by atoms with Gasteiger partial charge in [0.25, 0.3) is 0 Å². The molecule has 1 spiro atoms. The molecule has 10 nitrogen and oxygen atoms in total. The van der Waals surface area contributed by atoms with Crippen molar-refractivity contribution in [3.63, 3.8) is 0 Å². The maximum atomic E-state index is 14.1. The predicted molar refractivity (Wildman–Crippen MR) is 168 cm³/mol. The third-order valence-electron chi connectivity index (χ3n) is 8.77. The number of likely N-dealkylation sites (tertiary alicyclic amines) is 1. The molecule has 0 N–H and O–H groups in total. The molecule has 45 heavy (non-hydrogen) atoms. The predicted octanol–water partition coefficient (Wildman–Crippen LogP) is 7.06. The second-order valence-corrected chi connectivity index (χ2v) is 12.8. The molecule has 3 aromatic heterocycles. The smallest absolute Gasteiger partial charge is 0.409 e. The Labute approximate surface area is 270 Å². The van der Waals surface area contributed by atoms with Crippen molar-refractivity contribution in [3.05, 3.63) is 64.3 Å². The second-order valence-electron chi connectivity index (χ2n) is 12.0. The maximum Gasteiger partial charge on any atom is 0.409 e. The molecule has 1 aromatic carbocycles. The van der Waals surface area contributed by atoms with Gasteiger partial charge in [0, 0.05) is 67.1 Å². The van der Waals surface area contributed by atoms with Crippen LogP contribution in [0, 0.1) is 11.4 Å². The summed E-state index contributed by atoms with van der Waals surface area (Å²) in [5, 5.41) is 5.97. The fourth-order valence-electron chi connectivity index (χ4n) is 6.58. The van der Waals surface area contributed by atoms with Gasteiger partial charge in [0.2, 0.25) is 5.95 Å². The summed E-state index contributed by atoms with van der Waals surface area (Å²) in [6.45, 7) is 7.77. The van der Waals surface area contributed by atoms with Gasteiger partial charge in [-0.15, -0.1) is 0 Å². The van der Waals surface area contributed by atoms with E-state index in [9.17, 15) is 9.18 Å². The number of ether oxygens (including phenoxy) is 3. The summed E-state index contributed by atoms with van der Waals surface area (Å²) in [5.41, 5.74) is 2.98. The quantitative estimate of drug-likeness (QED) is 0.196. The van der Waals surface area contributed by atoms with Gasteiger partial charge in [-0.25, -0.2) is 19.4 Å². The second kappa shape index (κ2) is 11.9. The molecule has 236 valence electrons. The summed E-state index contributed by atoms with van der Waals surface area (Å²) < 4.78 is 33.5. The molecule has 0 bridgehead atoms. The minimum absolute atomic E-state index is 0.117. The van der Waals surface area contributed by atoms with Gasteiger partial charge >= 0.3 is 6.09 Å². The lowest BCUT2D eigenvalue weighted by Gasteiger charge is -2.59. The van der Waals surface area contributed by atoms with Crippen LogP contribution in [-0.2, 0) is 9.47 Å². The molecule has 2 atom stereocenters. The number of aromatic nitrogens is 4. The van der Waals surface area contributed by atoms with Crippen molar-refractivity contribution in [2.45, 2.75) is 45.4 Å². The van der Waals surface area contributed by atoms with Crippen LogP contribution in [0.3, 0.4) is 0 Å². The third kappa shape index (κ3) is 5.55. The van der Waals surface area contributed by atoms with E-state index in [1.165, 1.54) is 6.20 Å². The van der Waals surface area contributed by atoms with E-state index in [0.717, 1.165) is 60.3 Å². The monoisotopic (exact) mass is 654 g/mol. The van der Waals surface area contributed by atoms with Crippen molar-refractivity contribution < 1.29 is 23.4 Å². The lowest BCUT2D eigenvalue weighted by Crippen LogP contribution is -2.73. The Kier molecular flexibility index (Phi) is 7.95. The van der Waals surface area contributed by atoms with Crippen molar-refractivity contribution >= 4 is 46.0 Å². The first-order valence-electron chi connectivity index (χ1n) is 15.2. The van der Waals surface area contributed by atoms with E-state index in [0.29, 0.717) is 37.6 Å². The number of amides is 1. The Bertz CT molecular complexity index is 1730. The lowest BCUT2D eigenvalue weighted by molar-refractivity contribution is -0.0365. The van der Waals surface area contributed by atoms with Crippen LogP contribution in [0.25, 0.3) is 22.2 Å². The van der Waals surface area contributed by atoms with Gasteiger partial charge in [0.15, 0.2) is 6.23 Å². The number of hydrogen-bond acceptors (Lipinski definition) is 8. The van der Waals surface area contributed by atoms with Crippen molar-refractivity contribution in [1.82, 2.24) is 24.6 Å². The minimum atomic E-state index is -0.798. The van der Waals surface area contributed by atoms with Gasteiger partial charge in [-0.2, -0.15) is 9.49 Å². The number of anilines is 1. The first-order valence-corrected chi connectivity index (χ1v) is 15.9. The summed E-state index contributed by atoms with van der Waals surface area (Å²) in [6.07, 6.45) is 5.00. The number of carbonyl (C=O) groups excluding carboxylic acids is 1. The fourth-order valence-corrected chi connectivity index (χ4v) is 7.23. The Morgan fingerprint density at radius 3 is 2.67 bits per heavy atom. The van der Waals surface area contributed by atoms with Crippen molar-refractivity contribution in [1.29, 1.82) is 0 Å². The highest BCUT2D eigenvalue weighted by molar-refractivity contribution is 6.35. The van der Waals surface area contributed by atoms with E-state index in [-0.39, 0.29) is 27.8 Å². The summed E-state index contributed by atoms with van der Waals surface area (Å²) in [4.78, 5) is 24.3. The highest BCUT2D eigenvalue weighted by Gasteiger charge is 2.54. The van der Waals surface area contributed by atoms with Gasteiger partial charge in [-0.05, 0) is 63.4 Å². The highest BCUT2D eigenvalue weighted by Crippen LogP contribution is 2.42. The lowest BCUT2D eigenvalue weighted by atomic mass is 9.73. The Morgan fingerprint density at radius 1 is 1.13 bits per heavy atom. The van der Waals surface area contributed by atoms with Gasteiger partial charge in [0.05, 0.1) is 17.1 Å². The summed E-state index contributed by atoms with van der Waals surface area (Å²) in [7, 11) is 0. The molecule has 4 aromatic rings. The van der Waals surface area contributed by atoms with Crippen LogP contribution in [0.2, 0.25) is 10.0 Å². The van der Waals surface area contributed by atoms with Gasteiger partial charge in [-0.1, -0.05) is 23.2 Å². The molecule has 0 aliphatic carbocycles. The van der Waals surface area contributed by atoms with Crippen molar-refractivity contribution in [2.75, 3.05) is 44.3 Å². The van der Waals surface area contributed by atoms with Crippen LogP contribution in [0.1, 0.15) is 51.0 Å². The zero-order chi connectivity index (χ0) is 31.3. The van der Waals surface area contributed by atoms with E-state index in [1.807, 2.05) is 48.1 Å². The van der Waals surface area contributed by atoms with Crippen LogP contribution in [-0.4, -0.2) is 70.1 Å². The molecule has 1 amide bonds. The number of pyridine rings is 2. The molecule has 3 aliphatic heterocycles.